The minimum absolute atomic E-state index is 0.131. The maximum atomic E-state index is 12.1. The molecule has 0 unspecified atom stereocenters. The van der Waals surface area contributed by atoms with Gasteiger partial charge in [-0.15, -0.1) is 0 Å². The summed E-state index contributed by atoms with van der Waals surface area (Å²) in [5.41, 5.74) is 0. The fraction of sp³-hybridized carbons (Fsp3) is 0.429. The van der Waals surface area contributed by atoms with E-state index in [1.54, 1.807) is 18.2 Å². The van der Waals surface area contributed by atoms with Crippen LogP contribution in [0.3, 0.4) is 0 Å². The highest BCUT2D eigenvalue weighted by atomic mass is 35.5. The lowest BCUT2D eigenvalue weighted by molar-refractivity contribution is -0.147. The summed E-state index contributed by atoms with van der Waals surface area (Å²) in [5, 5.41) is 0.273. The summed E-state index contributed by atoms with van der Waals surface area (Å²) in [6, 6.07) is 4.85. The molecule has 0 atom stereocenters. The number of halogens is 1. The zero-order valence-electron chi connectivity index (χ0n) is 10.2. The molecule has 1 aliphatic carbocycles. The Morgan fingerprint density at radius 3 is 2.16 bits per heavy atom. The summed E-state index contributed by atoms with van der Waals surface area (Å²) in [6.45, 7) is 0. The normalized spacial score (nSPS) is 26.4. The molecule has 4 nitrogen and oxygen atoms in total. The summed E-state index contributed by atoms with van der Waals surface area (Å²) in [6.07, 6.45) is 2.68. The van der Waals surface area contributed by atoms with Crippen LogP contribution in [-0.2, 0) is 9.59 Å². The summed E-state index contributed by atoms with van der Waals surface area (Å²) in [5.74, 6) is -0.459. The predicted molar refractivity (Wildman–Crippen MR) is 68.2 cm³/mol. The Labute approximate surface area is 115 Å². The summed E-state index contributed by atoms with van der Waals surface area (Å²) in [4.78, 5) is 24.1. The van der Waals surface area contributed by atoms with Crippen LogP contribution in [0.15, 0.2) is 18.2 Å². The Morgan fingerprint density at radius 2 is 1.53 bits per heavy atom. The van der Waals surface area contributed by atoms with E-state index in [1.165, 1.54) is 0 Å². The molecule has 1 aromatic rings. The first-order chi connectivity index (χ1) is 9.15. The molecule has 100 valence electrons. The molecule has 0 radical (unpaired) electrons. The first kappa shape index (κ1) is 12.5. The maximum Gasteiger partial charge on any atom is 0.314 e. The van der Waals surface area contributed by atoms with Gasteiger partial charge in [0, 0.05) is 0 Å². The van der Waals surface area contributed by atoms with Gasteiger partial charge in [-0.25, -0.2) is 0 Å². The summed E-state index contributed by atoms with van der Waals surface area (Å²) in [7, 11) is 0. The van der Waals surface area contributed by atoms with Gasteiger partial charge in [0.25, 0.3) is 0 Å². The lowest BCUT2D eigenvalue weighted by Gasteiger charge is -2.28. The molecule has 0 saturated heterocycles. The van der Waals surface area contributed by atoms with Gasteiger partial charge in [0.1, 0.15) is 0 Å². The topological polar surface area (TPSA) is 52.6 Å². The van der Waals surface area contributed by atoms with E-state index in [4.69, 9.17) is 21.1 Å². The molecule has 0 spiro atoms. The zero-order chi connectivity index (χ0) is 13.4. The standard InChI is InChI=1S/C14H13ClO4/c15-10-2-1-3-11-12(10)19-14(17)9-6-4-8(5-7-9)13(16)18-11/h1-3,8-9H,4-7H2. The van der Waals surface area contributed by atoms with E-state index in [-0.39, 0.29) is 40.3 Å². The number of ether oxygens (including phenoxy) is 2. The van der Waals surface area contributed by atoms with E-state index in [9.17, 15) is 9.59 Å². The average molecular weight is 281 g/mol. The third kappa shape index (κ3) is 2.32. The van der Waals surface area contributed by atoms with Gasteiger partial charge in [-0.1, -0.05) is 17.7 Å². The number of hydrogen-bond acceptors (Lipinski definition) is 4. The van der Waals surface area contributed by atoms with Gasteiger partial charge in [0.2, 0.25) is 0 Å². The van der Waals surface area contributed by atoms with E-state index >= 15 is 0 Å². The van der Waals surface area contributed by atoms with Crippen molar-refractivity contribution in [3.63, 3.8) is 0 Å². The van der Waals surface area contributed by atoms with Crippen LogP contribution in [0, 0.1) is 11.8 Å². The van der Waals surface area contributed by atoms with Gasteiger partial charge in [-0.2, -0.15) is 0 Å². The molecular formula is C14H13ClO4. The second-order valence-corrected chi connectivity index (χ2v) is 5.37. The van der Waals surface area contributed by atoms with E-state index in [0.29, 0.717) is 25.7 Å². The van der Waals surface area contributed by atoms with Gasteiger partial charge >= 0.3 is 11.9 Å². The van der Waals surface area contributed by atoms with Gasteiger partial charge in [0.05, 0.1) is 16.9 Å². The minimum atomic E-state index is -0.286. The predicted octanol–water partition coefficient (Wildman–Crippen LogP) is 2.97. The van der Waals surface area contributed by atoms with Crippen molar-refractivity contribution < 1.29 is 19.1 Å². The fourth-order valence-corrected chi connectivity index (χ4v) is 2.81. The first-order valence-electron chi connectivity index (χ1n) is 6.37. The van der Waals surface area contributed by atoms with Crippen molar-refractivity contribution in [3.8, 4) is 11.5 Å². The maximum absolute atomic E-state index is 12.1. The third-order valence-electron chi connectivity index (χ3n) is 3.74. The number of hydrogen-bond donors (Lipinski definition) is 0. The van der Waals surface area contributed by atoms with Crippen molar-refractivity contribution in [3.05, 3.63) is 23.2 Å². The number of rotatable bonds is 0. The highest BCUT2D eigenvalue weighted by Gasteiger charge is 2.34. The van der Waals surface area contributed by atoms with Crippen LogP contribution in [0.2, 0.25) is 5.02 Å². The molecule has 0 N–H and O–H groups in total. The van der Waals surface area contributed by atoms with Crippen LogP contribution in [0.4, 0.5) is 0 Å². The van der Waals surface area contributed by atoms with Crippen LogP contribution in [0.5, 0.6) is 11.5 Å². The first-order valence-corrected chi connectivity index (χ1v) is 6.75. The average Bonchev–Trinajstić information content (AvgIpc) is 2.42. The number of fused-ring (bicyclic) bond motifs is 4. The highest BCUT2D eigenvalue weighted by Crippen LogP contribution is 2.39. The van der Waals surface area contributed by atoms with Crippen LogP contribution in [0.25, 0.3) is 0 Å². The van der Waals surface area contributed by atoms with Crippen molar-refractivity contribution >= 4 is 23.5 Å². The second-order valence-electron chi connectivity index (χ2n) is 4.96. The quantitative estimate of drug-likeness (QED) is 0.541. The van der Waals surface area contributed by atoms with Crippen LogP contribution < -0.4 is 9.47 Å². The van der Waals surface area contributed by atoms with Crippen molar-refractivity contribution in [2.24, 2.45) is 11.8 Å². The van der Waals surface area contributed by atoms with E-state index < -0.39 is 0 Å². The molecular weight excluding hydrogens is 268 g/mol. The van der Waals surface area contributed by atoms with Crippen molar-refractivity contribution in [1.29, 1.82) is 0 Å². The molecule has 4 rings (SSSR count). The third-order valence-corrected chi connectivity index (χ3v) is 4.04. The highest BCUT2D eigenvalue weighted by molar-refractivity contribution is 6.32. The van der Waals surface area contributed by atoms with Crippen molar-refractivity contribution in [2.45, 2.75) is 25.7 Å². The van der Waals surface area contributed by atoms with Crippen LogP contribution in [0.1, 0.15) is 25.7 Å². The molecule has 5 heteroatoms. The van der Waals surface area contributed by atoms with E-state index in [0.717, 1.165) is 0 Å². The molecule has 2 aliphatic heterocycles. The van der Waals surface area contributed by atoms with Crippen molar-refractivity contribution in [1.82, 2.24) is 0 Å². The molecule has 1 fully saturated rings. The summed E-state index contributed by atoms with van der Waals surface area (Å²) >= 11 is 6.01. The monoisotopic (exact) mass is 280 g/mol. The zero-order valence-corrected chi connectivity index (χ0v) is 11.0. The van der Waals surface area contributed by atoms with Gasteiger partial charge < -0.3 is 9.47 Å². The van der Waals surface area contributed by atoms with E-state index in [2.05, 4.69) is 0 Å². The Balaban J connectivity index is 2.03. The van der Waals surface area contributed by atoms with Crippen molar-refractivity contribution in [2.75, 3.05) is 0 Å². The Bertz CT molecular complexity index is 532. The minimum Gasteiger partial charge on any atom is -0.422 e. The van der Waals surface area contributed by atoms with Crippen LogP contribution in [-0.4, -0.2) is 11.9 Å². The molecule has 0 amide bonds. The Morgan fingerprint density at radius 1 is 0.947 bits per heavy atom. The van der Waals surface area contributed by atoms with Crippen LogP contribution >= 0.6 is 11.6 Å². The van der Waals surface area contributed by atoms with Gasteiger partial charge in [-0.05, 0) is 37.8 Å². The van der Waals surface area contributed by atoms with E-state index in [1.807, 2.05) is 0 Å². The summed E-state index contributed by atoms with van der Waals surface area (Å²) < 4.78 is 10.7. The molecule has 0 aromatic heterocycles. The Kier molecular flexibility index (Phi) is 3.19. The molecule has 1 saturated carbocycles. The number of benzene rings is 1. The molecule has 19 heavy (non-hydrogen) atoms. The molecule has 2 heterocycles. The van der Waals surface area contributed by atoms with Gasteiger partial charge in [-0.3, -0.25) is 9.59 Å². The van der Waals surface area contributed by atoms with Gasteiger partial charge in [0.15, 0.2) is 11.5 Å². The SMILES string of the molecule is O=C1Oc2cccc(Cl)c2OC(=O)C2CCC1CC2. The lowest BCUT2D eigenvalue weighted by Crippen LogP contribution is -2.32. The second kappa shape index (κ2) is 4.85. The lowest BCUT2D eigenvalue weighted by atomic mass is 9.82. The fourth-order valence-electron chi connectivity index (χ4n) is 2.61. The number of esters is 2. The largest absolute Gasteiger partial charge is 0.422 e. The smallest absolute Gasteiger partial charge is 0.314 e. The molecule has 3 aliphatic rings. The number of para-hydroxylation sites is 1. The number of carbonyl (C=O) groups excluding carboxylic acids is 2. The molecule has 1 aromatic carbocycles. The molecule has 2 bridgehead atoms. The number of carbonyl (C=O) groups is 2. The Hall–Kier alpha value is -1.55.